The molecule has 0 aliphatic carbocycles. The fourth-order valence-corrected chi connectivity index (χ4v) is 3.67. The molecule has 0 aromatic heterocycles. The van der Waals surface area contributed by atoms with E-state index in [4.69, 9.17) is 27.9 Å². The van der Waals surface area contributed by atoms with Gasteiger partial charge in [-0.3, -0.25) is 9.59 Å². The van der Waals surface area contributed by atoms with Crippen molar-refractivity contribution in [3.63, 3.8) is 0 Å². The molecule has 1 heterocycles. The number of hydrogen-bond acceptors (Lipinski definition) is 3. The number of halogens is 2. The molecule has 0 atom stereocenters. The zero-order valence-corrected chi connectivity index (χ0v) is 17.4. The SMILES string of the molecule is Cc1ccc(OCC(=O)N2CCN(C(=O)c3ccc(Cl)cc3Cl)CC2)c(C)c1. The van der Waals surface area contributed by atoms with Gasteiger partial charge in [-0.05, 0) is 43.7 Å². The highest BCUT2D eigenvalue weighted by Gasteiger charge is 2.26. The van der Waals surface area contributed by atoms with Crippen molar-refractivity contribution >= 4 is 35.0 Å². The van der Waals surface area contributed by atoms with E-state index >= 15 is 0 Å². The molecule has 0 bridgehead atoms. The van der Waals surface area contributed by atoms with Crippen LogP contribution in [0.15, 0.2) is 36.4 Å². The van der Waals surface area contributed by atoms with Gasteiger partial charge in [0.05, 0.1) is 10.6 Å². The van der Waals surface area contributed by atoms with Crippen LogP contribution in [-0.2, 0) is 4.79 Å². The second kappa shape index (κ2) is 8.84. The van der Waals surface area contributed by atoms with Crippen LogP contribution in [0, 0.1) is 13.8 Å². The molecule has 2 aromatic rings. The highest BCUT2D eigenvalue weighted by molar-refractivity contribution is 6.36. The lowest BCUT2D eigenvalue weighted by Gasteiger charge is -2.35. The van der Waals surface area contributed by atoms with Gasteiger partial charge in [0.15, 0.2) is 6.61 Å². The van der Waals surface area contributed by atoms with Gasteiger partial charge in [-0.1, -0.05) is 40.9 Å². The van der Waals surface area contributed by atoms with E-state index < -0.39 is 0 Å². The summed E-state index contributed by atoms with van der Waals surface area (Å²) < 4.78 is 5.68. The predicted molar refractivity (Wildman–Crippen MR) is 110 cm³/mol. The molecule has 5 nitrogen and oxygen atoms in total. The Balaban J connectivity index is 1.53. The number of hydrogen-bond donors (Lipinski definition) is 0. The van der Waals surface area contributed by atoms with E-state index in [9.17, 15) is 9.59 Å². The third-order valence-electron chi connectivity index (χ3n) is 4.76. The zero-order valence-electron chi connectivity index (χ0n) is 15.9. The third-order valence-corrected chi connectivity index (χ3v) is 5.31. The van der Waals surface area contributed by atoms with Gasteiger partial charge in [0.25, 0.3) is 11.8 Å². The Kier molecular flexibility index (Phi) is 6.47. The maximum absolute atomic E-state index is 12.7. The van der Waals surface area contributed by atoms with Crippen LogP contribution >= 0.6 is 23.2 Å². The Hall–Kier alpha value is -2.24. The number of benzene rings is 2. The van der Waals surface area contributed by atoms with Crippen molar-refractivity contribution in [3.05, 3.63) is 63.1 Å². The number of carbonyl (C=O) groups excluding carboxylic acids is 2. The zero-order chi connectivity index (χ0) is 20.3. The Morgan fingerprint density at radius 2 is 1.64 bits per heavy atom. The Bertz CT molecular complexity index is 893. The van der Waals surface area contributed by atoms with Crippen molar-refractivity contribution in [2.24, 2.45) is 0 Å². The lowest BCUT2D eigenvalue weighted by molar-refractivity contribution is -0.134. The first-order valence-corrected chi connectivity index (χ1v) is 9.83. The van der Waals surface area contributed by atoms with Crippen LogP contribution in [0.4, 0.5) is 0 Å². The van der Waals surface area contributed by atoms with Gasteiger partial charge in [0.2, 0.25) is 0 Å². The molecule has 0 N–H and O–H groups in total. The number of aryl methyl sites for hydroxylation is 2. The second-order valence-corrected chi connectivity index (χ2v) is 7.70. The van der Waals surface area contributed by atoms with Gasteiger partial charge in [-0.25, -0.2) is 0 Å². The molecule has 0 spiro atoms. The summed E-state index contributed by atoms with van der Waals surface area (Å²) in [5.74, 6) is 0.474. The van der Waals surface area contributed by atoms with E-state index in [-0.39, 0.29) is 18.4 Å². The summed E-state index contributed by atoms with van der Waals surface area (Å²) >= 11 is 12.0. The second-order valence-electron chi connectivity index (χ2n) is 6.85. The van der Waals surface area contributed by atoms with Crippen molar-refractivity contribution in [1.29, 1.82) is 0 Å². The fourth-order valence-electron chi connectivity index (χ4n) is 3.18. The maximum Gasteiger partial charge on any atom is 0.260 e. The molecule has 28 heavy (non-hydrogen) atoms. The van der Waals surface area contributed by atoms with E-state index in [0.717, 1.165) is 11.1 Å². The smallest absolute Gasteiger partial charge is 0.260 e. The van der Waals surface area contributed by atoms with Crippen LogP contribution < -0.4 is 4.74 Å². The summed E-state index contributed by atoms with van der Waals surface area (Å²) in [7, 11) is 0. The van der Waals surface area contributed by atoms with Crippen molar-refractivity contribution in [3.8, 4) is 5.75 Å². The summed E-state index contributed by atoms with van der Waals surface area (Å²) in [6.07, 6.45) is 0. The molecule has 0 unspecified atom stereocenters. The van der Waals surface area contributed by atoms with E-state index in [0.29, 0.717) is 47.5 Å². The van der Waals surface area contributed by atoms with Gasteiger partial charge in [0, 0.05) is 31.2 Å². The number of piperazine rings is 1. The molecule has 0 saturated carbocycles. The van der Waals surface area contributed by atoms with E-state index in [2.05, 4.69) is 0 Å². The quantitative estimate of drug-likeness (QED) is 0.751. The molecule has 1 saturated heterocycles. The molecule has 1 aliphatic rings. The van der Waals surface area contributed by atoms with Crippen LogP contribution in [0.3, 0.4) is 0 Å². The molecule has 1 aliphatic heterocycles. The summed E-state index contributed by atoms with van der Waals surface area (Å²) in [6.45, 7) is 5.79. The summed E-state index contributed by atoms with van der Waals surface area (Å²) in [5.41, 5.74) is 2.57. The first kappa shape index (κ1) is 20.5. The van der Waals surface area contributed by atoms with E-state index in [1.165, 1.54) is 0 Å². The Labute approximate surface area is 174 Å². The summed E-state index contributed by atoms with van der Waals surface area (Å²) in [5, 5.41) is 0.818. The number of amides is 2. The van der Waals surface area contributed by atoms with E-state index in [1.54, 1.807) is 28.0 Å². The van der Waals surface area contributed by atoms with Crippen molar-refractivity contribution in [2.45, 2.75) is 13.8 Å². The Morgan fingerprint density at radius 1 is 0.964 bits per heavy atom. The first-order valence-electron chi connectivity index (χ1n) is 9.07. The molecule has 1 fully saturated rings. The van der Waals surface area contributed by atoms with Crippen LogP contribution in [0.2, 0.25) is 10.0 Å². The lowest BCUT2D eigenvalue weighted by Crippen LogP contribution is -2.51. The Morgan fingerprint density at radius 3 is 2.29 bits per heavy atom. The van der Waals surface area contributed by atoms with Crippen molar-refractivity contribution < 1.29 is 14.3 Å². The summed E-state index contributed by atoms with van der Waals surface area (Å²) in [6, 6.07) is 10.7. The standard InChI is InChI=1S/C21H22Cl2N2O3/c1-14-3-6-19(15(2)11-14)28-13-20(26)24-7-9-25(10-8-24)21(27)17-5-4-16(22)12-18(17)23/h3-6,11-12H,7-10,13H2,1-2H3. The minimum absolute atomic E-state index is 0.0130. The van der Waals surface area contributed by atoms with E-state index in [1.807, 2.05) is 32.0 Å². The molecule has 7 heteroatoms. The largest absolute Gasteiger partial charge is 0.484 e. The topological polar surface area (TPSA) is 49.9 Å². The van der Waals surface area contributed by atoms with Gasteiger partial charge >= 0.3 is 0 Å². The number of nitrogens with zero attached hydrogens (tertiary/aromatic N) is 2. The average Bonchev–Trinajstić information content (AvgIpc) is 2.67. The normalized spacial score (nSPS) is 14.1. The summed E-state index contributed by atoms with van der Waals surface area (Å²) in [4.78, 5) is 28.5. The van der Waals surface area contributed by atoms with Gasteiger partial charge < -0.3 is 14.5 Å². The molecule has 0 radical (unpaired) electrons. The fraction of sp³-hybridized carbons (Fsp3) is 0.333. The minimum Gasteiger partial charge on any atom is -0.484 e. The third kappa shape index (κ3) is 4.78. The molecule has 3 rings (SSSR count). The number of ether oxygens (including phenoxy) is 1. The van der Waals surface area contributed by atoms with Crippen LogP contribution in [0.1, 0.15) is 21.5 Å². The lowest BCUT2D eigenvalue weighted by atomic mass is 10.1. The van der Waals surface area contributed by atoms with Gasteiger partial charge in [-0.15, -0.1) is 0 Å². The average molecular weight is 421 g/mol. The van der Waals surface area contributed by atoms with Crippen LogP contribution in [0.5, 0.6) is 5.75 Å². The van der Waals surface area contributed by atoms with Gasteiger partial charge in [0.1, 0.15) is 5.75 Å². The molecule has 2 amide bonds. The first-order chi connectivity index (χ1) is 13.3. The predicted octanol–water partition coefficient (Wildman–Crippen LogP) is 3.97. The highest BCUT2D eigenvalue weighted by atomic mass is 35.5. The monoisotopic (exact) mass is 420 g/mol. The van der Waals surface area contributed by atoms with Crippen molar-refractivity contribution in [1.82, 2.24) is 9.80 Å². The van der Waals surface area contributed by atoms with Gasteiger partial charge in [-0.2, -0.15) is 0 Å². The minimum atomic E-state index is -0.153. The molecular formula is C21H22Cl2N2O3. The maximum atomic E-state index is 12.7. The number of carbonyl (C=O) groups is 2. The molecule has 2 aromatic carbocycles. The van der Waals surface area contributed by atoms with Crippen LogP contribution in [-0.4, -0.2) is 54.4 Å². The molecule has 148 valence electrons. The van der Waals surface area contributed by atoms with Crippen molar-refractivity contribution in [2.75, 3.05) is 32.8 Å². The number of rotatable bonds is 4. The highest BCUT2D eigenvalue weighted by Crippen LogP contribution is 2.23. The van der Waals surface area contributed by atoms with Crippen LogP contribution in [0.25, 0.3) is 0 Å². The molecular weight excluding hydrogens is 399 g/mol.